The van der Waals surface area contributed by atoms with Gasteiger partial charge in [0.05, 0.1) is 11.7 Å². The van der Waals surface area contributed by atoms with Crippen molar-refractivity contribution < 1.29 is 14.3 Å². The van der Waals surface area contributed by atoms with Gasteiger partial charge in [0.1, 0.15) is 12.3 Å². The third-order valence-electron chi connectivity index (χ3n) is 4.97. The van der Waals surface area contributed by atoms with Crippen LogP contribution < -0.4 is 5.32 Å². The van der Waals surface area contributed by atoms with Gasteiger partial charge in [-0.2, -0.15) is 5.10 Å². The fourth-order valence-corrected chi connectivity index (χ4v) is 3.71. The SMILES string of the molecule is COCC(=O)N1CCCC[C@H]1c1cc(C(=O)NC2CCCC2)n[nH]1. The van der Waals surface area contributed by atoms with Gasteiger partial charge in [0.25, 0.3) is 5.91 Å². The van der Waals surface area contributed by atoms with E-state index < -0.39 is 0 Å². The van der Waals surface area contributed by atoms with Crippen molar-refractivity contribution >= 4 is 11.8 Å². The van der Waals surface area contributed by atoms with Crippen molar-refractivity contribution in [2.75, 3.05) is 20.3 Å². The molecule has 1 saturated heterocycles. The highest BCUT2D eigenvalue weighted by atomic mass is 16.5. The average molecular weight is 334 g/mol. The van der Waals surface area contributed by atoms with Crippen molar-refractivity contribution in [2.24, 2.45) is 0 Å². The highest BCUT2D eigenvalue weighted by Gasteiger charge is 2.30. The molecule has 0 spiro atoms. The lowest BCUT2D eigenvalue weighted by Crippen LogP contribution is -2.40. The molecule has 2 amide bonds. The van der Waals surface area contributed by atoms with Crippen molar-refractivity contribution in [1.82, 2.24) is 20.4 Å². The van der Waals surface area contributed by atoms with Crippen LogP contribution in [0.3, 0.4) is 0 Å². The summed E-state index contributed by atoms with van der Waals surface area (Å²) >= 11 is 0. The Hall–Kier alpha value is -1.89. The Morgan fingerprint density at radius 2 is 2.04 bits per heavy atom. The van der Waals surface area contributed by atoms with Gasteiger partial charge in [-0.3, -0.25) is 14.7 Å². The van der Waals surface area contributed by atoms with E-state index in [-0.39, 0.29) is 30.5 Å². The number of carbonyl (C=O) groups excluding carboxylic acids is 2. The van der Waals surface area contributed by atoms with Crippen LogP contribution in [0.2, 0.25) is 0 Å². The number of piperidine rings is 1. The lowest BCUT2D eigenvalue weighted by atomic mass is 9.99. The molecular weight excluding hydrogens is 308 g/mol. The summed E-state index contributed by atoms with van der Waals surface area (Å²) in [6.45, 7) is 0.801. The Morgan fingerprint density at radius 3 is 2.79 bits per heavy atom. The molecule has 2 N–H and O–H groups in total. The highest BCUT2D eigenvalue weighted by molar-refractivity contribution is 5.92. The molecule has 1 atom stereocenters. The van der Waals surface area contributed by atoms with Crippen molar-refractivity contribution in [3.05, 3.63) is 17.5 Å². The standard InChI is InChI=1S/C17H26N4O3/c1-24-11-16(22)21-9-5-4-8-15(21)13-10-14(20-19-13)17(23)18-12-6-2-3-7-12/h10,12,15H,2-9,11H2,1H3,(H,18,23)(H,19,20)/t15-/m0/s1. The van der Waals surface area contributed by atoms with Crippen molar-refractivity contribution in [3.8, 4) is 0 Å². The van der Waals surface area contributed by atoms with Gasteiger partial charge in [-0.15, -0.1) is 0 Å². The third-order valence-corrected chi connectivity index (χ3v) is 4.97. The fraction of sp³-hybridized carbons (Fsp3) is 0.706. The van der Waals surface area contributed by atoms with E-state index in [4.69, 9.17) is 4.74 Å². The Labute approximate surface area is 142 Å². The van der Waals surface area contributed by atoms with Crippen LogP contribution in [0.5, 0.6) is 0 Å². The van der Waals surface area contributed by atoms with E-state index in [2.05, 4.69) is 15.5 Å². The van der Waals surface area contributed by atoms with E-state index in [0.717, 1.165) is 44.3 Å². The number of hydrogen-bond donors (Lipinski definition) is 2. The van der Waals surface area contributed by atoms with Gasteiger partial charge in [0, 0.05) is 19.7 Å². The first kappa shape index (κ1) is 17.0. The smallest absolute Gasteiger partial charge is 0.271 e. The average Bonchev–Trinajstić information content (AvgIpc) is 3.26. The topological polar surface area (TPSA) is 87.3 Å². The minimum absolute atomic E-state index is 0.0197. The van der Waals surface area contributed by atoms with Crippen LogP contribution in [0, 0.1) is 0 Å². The number of rotatable bonds is 5. The van der Waals surface area contributed by atoms with E-state index in [0.29, 0.717) is 5.69 Å². The third kappa shape index (κ3) is 3.77. The molecule has 132 valence electrons. The zero-order valence-corrected chi connectivity index (χ0v) is 14.2. The highest BCUT2D eigenvalue weighted by Crippen LogP contribution is 2.30. The number of H-pyrrole nitrogens is 1. The maximum absolute atomic E-state index is 12.3. The number of likely N-dealkylation sites (tertiary alicyclic amines) is 1. The van der Waals surface area contributed by atoms with Crippen molar-refractivity contribution in [1.29, 1.82) is 0 Å². The maximum atomic E-state index is 12.3. The van der Waals surface area contributed by atoms with Gasteiger partial charge in [0.15, 0.2) is 0 Å². The van der Waals surface area contributed by atoms with Crippen LogP contribution in [0.15, 0.2) is 6.07 Å². The molecule has 0 bridgehead atoms. The first-order chi connectivity index (χ1) is 11.7. The van der Waals surface area contributed by atoms with Crippen LogP contribution in [0.1, 0.15) is 67.2 Å². The van der Waals surface area contributed by atoms with Crippen LogP contribution in [0.25, 0.3) is 0 Å². The zero-order valence-electron chi connectivity index (χ0n) is 14.2. The number of amides is 2. The molecular formula is C17H26N4O3. The second-order valence-electron chi connectivity index (χ2n) is 6.70. The van der Waals surface area contributed by atoms with Crippen LogP contribution >= 0.6 is 0 Å². The van der Waals surface area contributed by atoms with Gasteiger partial charge in [-0.25, -0.2) is 0 Å². The summed E-state index contributed by atoms with van der Waals surface area (Å²) in [7, 11) is 1.53. The molecule has 0 radical (unpaired) electrons. The molecule has 1 aliphatic carbocycles. The molecule has 2 fully saturated rings. The second-order valence-corrected chi connectivity index (χ2v) is 6.70. The minimum Gasteiger partial charge on any atom is -0.375 e. The fourth-order valence-electron chi connectivity index (χ4n) is 3.71. The van der Waals surface area contributed by atoms with Crippen LogP contribution in [-0.4, -0.2) is 53.2 Å². The Morgan fingerprint density at radius 1 is 1.29 bits per heavy atom. The molecule has 1 aliphatic heterocycles. The summed E-state index contributed by atoms with van der Waals surface area (Å²) in [4.78, 5) is 26.4. The number of ether oxygens (including phenoxy) is 1. The van der Waals surface area contributed by atoms with Gasteiger partial charge >= 0.3 is 0 Å². The molecule has 2 aliphatic rings. The number of aromatic nitrogens is 2. The molecule has 3 rings (SSSR count). The number of aromatic amines is 1. The Balaban J connectivity index is 1.68. The van der Waals surface area contributed by atoms with Crippen molar-refractivity contribution in [3.63, 3.8) is 0 Å². The molecule has 1 aromatic rings. The molecule has 0 unspecified atom stereocenters. The minimum atomic E-state index is -0.130. The molecule has 0 aromatic carbocycles. The van der Waals surface area contributed by atoms with Gasteiger partial charge < -0.3 is 15.0 Å². The number of nitrogens with zero attached hydrogens (tertiary/aromatic N) is 2. The second kappa shape index (κ2) is 7.79. The van der Waals surface area contributed by atoms with E-state index in [1.807, 2.05) is 4.90 Å². The summed E-state index contributed by atoms with van der Waals surface area (Å²) in [5.74, 6) is -0.149. The molecule has 1 aromatic heterocycles. The van der Waals surface area contributed by atoms with Crippen LogP contribution in [-0.2, 0) is 9.53 Å². The number of methoxy groups -OCH3 is 1. The first-order valence-electron chi connectivity index (χ1n) is 8.83. The number of hydrogen-bond acceptors (Lipinski definition) is 4. The zero-order chi connectivity index (χ0) is 16.9. The van der Waals surface area contributed by atoms with Gasteiger partial charge in [-0.1, -0.05) is 12.8 Å². The molecule has 24 heavy (non-hydrogen) atoms. The first-order valence-corrected chi connectivity index (χ1v) is 8.83. The van der Waals surface area contributed by atoms with Crippen molar-refractivity contribution in [2.45, 2.75) is 57.0 Å². The lowest BCUT2D eigenvalue weighted by molar-refractivity contribution is -0.139. The molecule has 2 heterocycles. The van der Waals surface area contributed by atoms with E-state index in [9.17, 15) is 9.59 Å². The largest absolute Gasteiger partial charge is 0.375 e. The maximum Gasteiger partial charge on any atom is 0.271 e. The quantitative estimate of drug-likeness (QED) is 0.859. The summed E-state index contributed by atoms with van der Waals surface area (Å²) in [5, 5.41) is 10.2. The van der Waals surface area contributed by atoms with E-state index >= 15 is 0 Å². The van der Waals surface area contributed by atoms with E-state index in [1.165, 1.54) is 20.0 Å². The predicted molar refractivity (Wildman–Crippen MR) is 88.5 cm³/mol. The molecule has 7 nitrogen and oxygen atoms in total. The predicted octanol–water partition coefficient (Wildman–Crippen LogP) is 1.78. The summed E-state index contributed by atoms with van der Waals surface area (Å²) in [6.07, 6.45) is 7.38. The number of nitrogens with one attached hydrogen (secondary N) is 2. The normalized spacial score (nSPS) is 21.9. The Kier molecular flexibility index (Phi) is 5.50. The van der Waals surface area contributed by atoms with Gasteiger partial charge in [0.2, 0.25) is 5.91 Å². The summed E-state index contributed by atoms with van der Waals surface area (Å²) < 4.78 is 4.98. The lowest BCUT2D eigenvalue weighted by Gasteiger charge is -2.34. The van der Waals surface area contributed by atoms with Crippen LogP contribution in [0.4, 0.5) is 0 Å². The summed E-state index contributed by atoms with van der Waals surface area (Å²) in [6, 6.07) is 2.00. The monoisotopic (exact) mass is 334 g/mol. The molecule has 7 heteroatoms. The number of carbonyl (C=O) groups is 2. The Bertz CT molecular complexity index is 580. The van der Waals surface area contributed by atoms with E-state index in [1.54, 1.807) is 6.07 Å². The molecule has 1 saturated carbocycles. The summed E-state index contributed by atoms with van der Waals surface area (Å²) in [5.41, 5.74) is 1.23. The van der Waals surface area contributed by atoms with Gasteiger partial charge in [-0.05, 0) is 38.2 Å².